The fraction of sp³-hybridized carbons (Fsp3) is 0.500. The molecule has 0 aliphatic carbocycles. The van der Waals surface area contributed by atoms with Crippen LogP contribution in [0.5, 0.6) is 0 Å². The predicted octanol–water partition coefficient (Wildman–Crippen LogP) is 2.07. The van der Waals surface area contributed by atoms with Crippen LogP contribution < -0.4 is 5.32 Å². The molecule has 6 nitrogen and oxygen atoms in total. The van der Waals surface area contributed by atoms with Gasteiger partial charge in [-0.15, -0.1) is 12.4 Å². The van der Waals surface area contributed by atoms with E-state index in [0.29, 0.717) is 0 Å². The second kappa shape index (κ2) is 7.54. The van der Waals surface area contributed by atoms with Crippen molar-refractivity contribution in [2.24, 2.45) is 11.8 Å². The Morgan fingerprint density at radius 2 is 1.92 bits per heavy atom. The third-order valence-electron chi connectivity index (χ3n) is 5.42. The summed E-state index contributed by atoms with van der Waals surface area (Å²) < 4.78 is 1.73. The van der Waals surface area contributed by atoms with E-state index in [4.69, 9.17) is 0 Å². The standard InChI is InChI=1S/C18H23N5O.ClH/c1-13-8-14(2-3-17(13)23-12-20-11-21-23)18(24)22-6-4-15-9-19-10-16(15)5-7-22;/h2-3,8,11-12,15-16,19H,4-7,9-10H2,1H3;1H/t15-,16+;. The van der Waals surface area contributed by atoms with Gasteiger partial charge in [0, 0.05) is 18.7 Å². The van der Waals surface area contributed by atoms with Gasteiger partial charge in [-0.2, -0.15) is 5.10 Å². The van der Waals surface area contributed by atoms with Gasteiger partial charge >= 0.3 is 0 Å². The molecule has 0 saturated carbocycles. The highest BCUT2D eigenvalue weighted by Gasteiger charge is 2.31. The zero-order chi connectivity index (χ0) is 16.5. The second-order valence-electron chi connectivity index (χ2n) is 6.89. The van der Waals surface area contributed by atoms with Crippen molar-refractivity contribution in [3.63, 3.8) is 0 Å². The summed E-state index contributed by atoms with van der Waals surface area (Å²) in [7, 11) is 0. The van der Waals surface area contributed by atoms with Crippen LogP contribution in [0.4, 0.5) is 0 Å². The molecule has 1 N–H and O–H groups in total. The van der Waals surface area contributed by atoms with Gasteiger partial charge in [-0.05, 0) is 68.5 Å². The maximum atomic E-state index is 12.9. The van der Waals surface area contributed by atoms with Gasteiger partial charge in [0.05, 0.1) is 5.69 Å². The van der Waals surface area contributed by atoms with Crippen molar-refractivity contribution in [2.45, 2.75) is 19.8 Å². The zero-order valence-corrected chi connectivity index (χ0v) is 15.2. The molecule has 2 aliphatic heterocycles. The van der Waals surface area contributed by atoms with Crippen LogP contribution in [0.25, 0.3) is 5.69 Å². The van der Waals surface area contributed by atoms with E-state index in [1.807, 2.05) is 30.0 Å². The molecular weight excluding hydrogens is 338 g/mol. The summed E-state index contributed by atoms with van der Waals surface area (Å²) in [6.45, 7) is 5.96. The van der Waals surface area contributed by atoms with E-state index in [1.165, 1.54) is 6.33 Å². The quantitative estimate of drug-likeness (QED) is 0.889. The maximum absolute atomic E-state index is 12.9. The number of rotatable bonds is 2. The number of carbonyl (C=O) groups is 1. The topological polar surface area (TPSA) is 63.1 Å². The molecule has 0 bridgehead atoms. The monoisotopic (exact) mass is 361 g/mol. The van der Waals surface area contributed by atoms with Crippen molar-refractivity contribution in [3.05, 3.63) is 42.0 Å². The molecule has 2 atom stereocenters. The number of aromatic nitrogens is 3. The highest BCUT2D eigenvalue weighted by Crippen LogP contribution is 2.28. The van der Waals surface area contributed by atoms with E-state index in [9.17, 15) is 4.79 Å². The Hall–Kier alpha value is -1.92. The molecule has 0 spiro atoms. The molecule has 2 aliphatic rings. The number of benzene rings is 1. The number of carbonyl (C=O) groups excluding carboxylic acids is 1. The summed E-state index contributed by atoms with van der Waals surface area (Å²) >= 11 is 0. The number of hydrogen-bond acceptors (Lipinski definition) is 4. The smallest absolute Gasteiger partial charge is 0.253 e. The largest absolute Gasteiger partial charge is 0.339 e. The van der Waals surface area contributed by atoms with Crippen LogP contribution in [0, 0.1) is 18.8 Å². The van der Waals surface area contributed by atoms with E-state index in [2.05, 4.69) is 15.4 Å². The van der Waals surface area contributed by atoms with Crippen LogP contribution in [0.1, 0.15) is 28.8 Å². The summed E-state index contributed by atoms with van der Waals surface area (Å²) in [6, 6.07) is 5.82. The van der Waals surface area contributed by atoms with Gasteiger partial charge in [-0.3, -0.25) is 4.79 Å². The third kappa shape index (κ3) is 3.55. The Morgan fingerprint density at radius 1 is 1.20 bits per heavy atom. The van der Waals surface area contributed by atoms with Gasteiger partial charge in [0.25, 0.3) is 5.91 Å². The molecule has 4 rings (SSSR count). The second-order valence-corrected chi connectivity index (χ2v) is 6.89. The maximum Gasteiger partial charge on any atom is 0.253 e. The van der Waals surface area contributed by atoms with Crippen molar-refractivity contribution in [3.8, 4) is 5.69 Å². The lowest BCUT2D eigenvalue weighted by Gasteiger charge is -2.21. The van der Waals surface area contributed by atoms with E-state index >= 15 is 0 Å². The number of hydrogen-bond donors (Lipinski definition) is 1. The molecule has 0 unspecified atom stereocenters. The summed E-state index contributed by atoms with van der Waals surface area (Å²) in [4.78, 5) is 18.9. The van der Waals surface area contributed by atoms with Crippen molar-refractivity contribution in [1.82, 2.24) is 25.0 Å². The van der Waals surface area contributed by atoms with Gasteiger partial charge in [-0.1, -0.05) is 0 Å². The molecule has 2 fully saturated rings. The molecule has 134 valence electrons. The van der Waals surface area contributed by atoms with Crippen LogP contribution in [-0.4, -0.2) is 51.8 Å². The van der Waals surface area contributed by atoms with Crippen LogP contribution in [0.3, 0.4) is 0 Å². The lowest BCUT2D eigenvalue weighted by molar-refractivity contribution is 0.0758. The average Bonchev–Trinajstić information content (AvgIpc) is 3.23. The molecule has 1 amide bonds. The number of fused-ring (bicyclic) bond motifs is 1. The molecule has 1 aromatic carbocycles. The summed E-state index contributed by atoms with van der Waals surface area (Å²) in [5.41, 5.74) is 2.75. The number of halogens is 1. The lowest BCUT2D eigenvalue weighted by Crippen LogP contribution is -2.32. The summed E-state index contributed by atoms with van der Waals surface area (Å²) in [5, 5.41) is 7.64. The summed E-state index contributed by atoms with van der Waals surface area (Å²) in [6.07, 6.45) is 5.41. The van der Waals surface area contributed by atoms with E-state index < -0.39 is 0 Å². The van der Waals surface area contributed by atoms with Gasteiger partial charge in [0.15, 0.2) is 0 Å². The SMILES string of the molecule is Cc1cc(C(=O)N2CC[C@@H]3CNC[C@@H]3CC2)ccc1-n1cncn1.Cl. The highest BCUT2D eigenvalue weighted by molar-refractivity contribution is 5.94. The van der Waals surface area contributed by atoms with Crippen LogP contribution in [0.15, 0.2) is 30.9 Å². The van der Waals surface area contributed by atoms with E-state index in [-0.39, 0.29) is 18.3 Å². The van der Waals surface area contributed by atoms with Crippen LogP contribution in [-0.2, 0) is 0 Å². The zero-order valence-electron chi connectivity index (χ0n) is 14.4. The highest BCUT2D eigenvalue weighted by atomic mass is 35.5. The number of likely N-dealkylation sites (tertiary alicyclic amines) is 1. The first-order valence-electron chi connectivity index (χ1n) is 8.68. The molecule has 0 radical (unpaired) electrons. The number of aryl methyl sites for hydroxylation is 1. The number of nitrogens with zero attached hydrogens (tertiary/aromatic N) is 4. The summed E-state index contributed by atoms with van der Waals surface area (Å²) in [5.74, 6) is 1.62. The molecule has 2 aromatic rings. The van der Waals surface area contributed by atoms with Crippen LogP contribution in [0.2, 0.25) is 0 Å². The Morgan fingerprint density at radius 3 is 2.52 bits per heavy atom. The van der Waals surface area contributed by atoms with Gasteiger partial charge in [0.1, 0.15) is 12.7 Å². The third-order valence-corrected chi connectivity index (χ3v) is 5.42. The van der Waals surface area contributed by atoms with Crippen molar-refractivity contribution in [2.75, 3.05) is 26.2 Å². The van der Waals surface area contributed by atoms with Gasteiger partial charge in [0.2, 0.25) is 0 Å². The lowest BCUT2D eigenvalue weighted by atomic mass is 9.92. The Balaban J connectivity index is 0.00000182. The molecule has 25 heavy (non-hydrogen) atoms. The molecular formula is C18H24ClN5O. The van der Waals surface area contributed by atoms with E-state index in [0.717, 1.165) is 67.7 Å². The predicted molar refractivity (Wildman–Crippen MR) is 98.3 cm³/mol. The number of amides is 1. The van der Waals surface area contributed by atoms with Gasteiger partial charge < -0.3 is 10.2 Å². The molecule has 2 saturated heterocycles. The first-order valence-corrected chi connectivity index (χ1v) is 8.68. The Kier molecular flexibility index (Phi) is 5.39. The number of nitrogens with one attached hydrogen (secondary N) is 1. The Bertz CT molecular complexity index is 719. The minimum atomic E-state index is 0. The molecule has 3 heterocycles. The molecule has 1 aromatic heterocycles. The first kappa shape index (κ1) is 17.9. The minimum absolute atomic E-state index is 0. The fourth-order valence-electron chi connectivity index (χ4n) is 3.98. The van der Waals surface area contributed by atoms with Crippen molar-refractivity contribution < 1.29 is 4.79 Å². The van der Waals surface area contributed by atoms with Crippen molar-refractivity contribution in [1.29, 1.82) is 0 Å². The van der Waals surface area contributed by atoms with Crippen molar-refractivity contribution >= 4 is 18.3 Å². The van der Waals surface area contributed by atoms with Gasteiger partial charge in [-0.25, -0.2) is 9.67 Å². The minimum Gasteiger partial charge on any atom is -0.339 e. The average molecular weight is 362 g/mol. The fourth-order valence-corrected chi connectivity index (χ4v) is 3.98. The van der Waals surface area contributed by atoms with Crippen LogP contribution >= 0.6 is 12.4 Å². The normalized spacial score (nSPS) is 22.8. The first-order chi connectivity index (χ1) is 11.7. The Labute approximate surface area is 154 Å². The molecule has 7 heteroatoms. The van der Waals surface area contributed by atoms with E-state index in [1.54, 1.807) is 11.0 Å².